The molecule has 0 radical (unpaired) electrons. The van der Waals surface area contributed by atoms with E-state index in [2.05, 4.69) is 41.0 Å². The van der Waals surface area contributed by atoms with E-state index < -0.39 is 0 Å². The Balaban J connectivity index is 0.00000220. The number of nitrogens with zero attached hydrogens (tertiary/aromatic N) is 3. The van der Waals surface area contributed by atoms with Crippen molar-refractivity contribution in [1.29, 1.82) is 0 Å². The van der Waals surface area contributed by atoms with Crippen LogP contribution in [0.3, 0.4) is 0 Å². The molecule has 2 heterocycles. The summed E-state index contributed by atoms with van der Waals surface area (Å²) in [7, 11) is 1.87. The third-order valence-electron chi connectivity index (χ3n) is 3.73. The summed E-state index contributed by atoms with van der Waals surface area (Å²) in [6.07, 6.45) is 4.36. The number of thiazole rings is 1. The molecule has 2 atom stereocenters. The zero-order chi connectivity index (χ0) is 14.5. The maximum absolute atomic E-state index is 4.45. The van der Waals surface area contributed by atoms with Gasteiger partial charge in [-0.25, -0.2) is 4.98 Å². The molecule has 1 aliphatic heterocycles. The van der Waals surface area contributed by atoms with E-state index in [1.165, 1.54) is 11.3 Å². The minimum atomic E-state index is 0. The second-order valence-corrected chi connectivity index (χ2v) is 7.03. The number of aromatic nitrogens is 1. The van der Waals surface area contributed by atoms with Crippen molar-refractivity contribution < 1.29 is 0 Å². The second kappa shape index (κ2) is 8.92. The van der Waals surface area contributed by atoms with Crippen molar-refractivity contribution in [3.8, 4) is 0 Å². The number of halogens is 1. The number of guanidine groups is 1. The van der Waals surface area contributed by atoms with Gasteiger partial charge in [-0.05, 0) is 24.7 Å². The van der Waals surface area contributed by atoms with Crippen LogP contribution in [0.1, 0.15) is 37.1 Å². The van der Waals surface area contributed by atoms with Crippen molar-refractivity contribution in [1.82, 2.24) is 15.2 Å². The number of rotatable bonds is 3. The third-order valence-corrected chi connectivity index (χ3v) is 4.87. The molecular formula is C15H27IN4S. The van der Waals surface area contributed by atoms with Crippen LogP contribution in [0.15, 0.2) is 11.2 Å². The van der Waals surface area contributed by atoms with Crippen molar-refractivity contribution >= 4 is 41.3 Å². The van der Waals surface area contributed by atoms with Gasteiger partial charge in [0.05, 0.1) is 6.54 Å². The van der Waals surface area contributed by atoms with Crippen LogP contribution in [0.25, 0.3) is 0 Å². The topological polar surface area (TPSA) is 40.5 Å². The summed E-state index contributed by atoms with van der Waals surface area (Å²) in [6, 6.07) is 0. The van der Waals surface area contributed by atoms with Gasteiger partial charge in [0, 0.05) is 31.2 Å². The average molecular weight is 422 g/mol. The summed E-state index contributed by atoms with van der Waals surface area (Å²) in [5.41, 5.74) is 0. The van der Waals surface area contributed by atoms with Crippen LogP contribution in [0.2, 0.25) is 0 Å². The predicted octanol–water partition coefficient (Wildman–Crippen LogP) is 3.38. The number of aryl methyl sites for hydroxylation is 1. The SMILES string of the molecule is CCc1cnc(CNC(=NC)N2CC(C)CC(C)C2)s1.I. The number of piperidine rings is 1. The molecule has 1 aromatic rings. The van der Waals surface area contributed by atoms with Gasteiger partial charge in [-0.2, -0.15) is 0 Å². The molecule has 1 aliphatic rings. The zero-order valence-electron chi connectivity index (χ0n) is 13.4. The summed E-state index contributed by atoms with van der Waals surface area (Å²) >= 11 is 1.79. The summed E-state index contributed by atoms with van der Waals surface area (Å²) in [5.74, 6) is 2.49. The first kappa shape index (κ1) is 18.7. The van der Waals surface area contributed by atoms with Crippen LogP contribution >= 0.6 is 35.3 Å². The molecule has 2 rings (SSSR count). The van der Waals surface area contributed by atoms with E-state index in [0.29, 0.717) is 0 Å². The quantitative estimate of drug-likeness (QED) is 0.461. The van der Waals surface area contributed by atoms with Crippen LogP contribution in [0, 0.1) is 11.8 Å². The molecule has 6 heteroatoms. The molecule has 4 nitrogen and oxygen atoms in total. The highest BCUT2D eigenvalue weighted by Gasteiger charge is 2.23. The van der Waals surface area contributed by atoms with Crippen molar-refractivity contribution in [2.75, 3.05) is 20.1 Å². The Morgan fingerprint density at radius 3 is 2.62 bits per heavy atom. The Hall–Kier alpha value is -0.370. The Kier molecular flexibility index (Phi) is 7.94. The van der Waals surface area contributed by atoms with E-state index in [9.17, 15) is 0 Å². The molecule has 0 aromatic carbocycles. The first-order chi connectivity index (χ1) is 9.62. The third kappa shape index (κ3) is 5.39. The van der Waals surface area contributed by atoms with Gasteiger partial charge in [-0.15, -0.1) is 35.3 Å². The van der Waals surface area contributed by atoms with Crippen LogP contribution in [-0.4, -0.2) is 36.0 Å². The highest BCUT2D eigenvalue weighted by molar-refractivity contribution is 14.0. The number of hydrogen-bond acceptors (Lipinski definition) is 3. The molecule has 0 bridgehead atoms. The molecule has 0 aliphatic carbocycles. The van der Waals surface area contributed by atoms with Gasteiger partial charge in [-0.1, -0.05) is 20.8 Å². The lowest BCUT2D eigenvalue weighted by molar-refractivity contribution is 0.208. The fourth-order valence-corrected chi connectivity index (χ4v) is 3.72. The van der Waals surface area contributed by atoms with E-state index in [0.717, 1.165) is 48.9 Å². The lowest BCUT2D eigenvalue weighted by Gasteiger charge is -2.37. The number of likely N-dealkylation sites (tertiary alicyclic amines) is 1. The van der Waals surface area contributed by atoms with Crippen LogP contribution < -0.4 is 5.32 Å². The molecule has 1 fully saturated rings. The largest absolute Gasteiger partial charge is 0.350 e. The molecule has 0 spiro atoms. The van der Waals surface area contributed by atoms with Gasteiger partial charge >= 0.3 is 0 Å². The van der Waals surface area contributed by atoms with Gasteiger partial charge in [0.2, 0.25) is 0 Å². The highest BCUT2D eigenvalue weighted by atomic mass is 127. The van der Waals surface area contributed by atoms with Crippen molar-refractivity contribution in [2.45, 2.75) is 40.2 Å². The lowest BCUT2D eigenvalue weighted by Crippen LogP contribution is -2.48. The molecule has 0 amide bonds. The minimum Gasteiger partial charge on any atom is -0.350 e. The second-order valence-electron chi connectivity index (χ2n) is 5.83. The molecule has 1 saturated heterocycles. The number of hydrogen-bond donors (Lipinski definition) is 1. The van der Waals surface area contributed by atoms with Crippen molar-refractivity contribution in [3.63, 3.8) is 0 Å². The minimum absolute atomic E-state index is 0. The Morgan fingerprint density at radius 1 is 1.43 bits per heavy atom. The van der Waals surface area contributed by atoms with Crippen LogP contribution in [0.5, 0.6) is 0 Å². The van der Waals surface area contributed by atoms with E-state index in [4.69, 9.17) is 0 Å². The zero-order valence-corrected chi connectivity index (χ0v) is 16.6. The van der Waals surface area contributed by atoms with Gasteiger partial charge in [0.15, 0.2) is 5.96 Å². The Bertz CT molecular complexity index is 450. The summed E-state index contributed by atoms with van der Waals surface area (Å²) in [6.45, 7) is 9.79. The number of nitrogens with one attached hydrogen (secondary N) is 1. The normalized spacial score (nSPS) is 22.9. The highest BCUT2D eigenvalue weighted by Crippen LogP contribution is 2.21. The van der Waals surface area contributed by atoms with Gasteiger partial charge in [0.1, 0.15) is 5.01 Å². The van der Waals surface area contributed by atoms with Crippen LogP contribution in [-0.2, 0) is 13.0 Å². The molecule has 1 N–H and O–H groups in total. The van der Waals surface area contributed by atoms with Crippen LogP contribution in [0.4, 0.5) is 0 Å². The molecular weight excluding hydrogens is 395 g/mol. The fraction of sp³-hybridized carbons (Fsp3) is 0.733. The average Bonchev–Trinajstić information content (AvgIpc) is 2.86. The van der Waals surface area contributed by atoms with Gasteiger partial charge < -0.3 is 10.2 Å². The molecule has 0 saturated carbocycles. The summed E-state index contributed by atoms with van der Waals surface area (Å²) in [5, 5.41) is 4.60. The van der Waals surface area contributed by atoms with Crippen molar-refractivity contribution in [3.05, 3.63) is 16.1 Å². The standard InChI is InChI=1S/C15H26N4S.HI/c1-5-13-7-17-14(20-13)8-18-15(16-4)19-9-11(2)6-12(3)10-19;/h7,11-12H,5-6,8-10H2,1-4H3,(H,16,18);1H. The molecule has 120 valence electrons. The molecule has 1 aromatic heterocycles. The molecule has 21 heavy (non-hydrogen) atoms. The summed E-state index contributed by atoms with van der Waals surface area (Å²) < 4.78 is 0. The van der Waals surface area contributed by atoms with Gasteiger partial charge in [0.25, 0.3) is 0 Å². The maximum Gasteiger partial charge on any atom is 0.194 e. The van der Waals surface area contributed by atoms with E-state index in [-0.39, 0.29) is 24.0 Å². The smallest absolute Gasteiger partial charge is 0.194 e. The Morgan fingerprint density at radius 2 is 2.10 bits per heavy atom. The lowest BCUT2D eigenvalue weighted by atomic mass is 9.92. The monoisotopic (exact) mass is 422 g/mol. The summed E-state index contributed by atoms with van der Waals surface area (Å²) in [4.78, 5) is 12.6. The van der Waals surface area contributed by atoms with Gasteiger partial charge in [-0.3, -0.25) is 4.99 Å². The maximum atomic E-state index is 4.45. The molecule has 2 unspecified atom stereocenters. The Labute approximate surface area is 149 Å². The first-order valence-corrected chi connectivity index (χ1v) is 8.33. The van der Waals surface area contributed by atoms with E-state index in [1.54, 1.807) is 11.3 Å². The van der Waals surface area contributed by atoms with Crippen molar-refractivity contribution in [2.24, 2.45) is 16.8 Å². The first-order valence-electron chi connectivity index (χ1n) is 7.51. The predicted molar refractivity (Wildman–Crippen MR) is 102 cm³/mol. The fourth-order valence-electron chi connectivity index (χ4n) is 2.92. The number of aliphatic imine (C=N–C) groups is 1. The van der Waals surface area contributed by atoms with E-state index >= 15 is 0 Å². The van der Waals surface area contributed by atoms with E-state index in [1.807, 2.05) is 13.2 Å².